The Labute approximate surface area is 172 Å². The molecule has 0 amide bonds. The van der Waals surface area contributed by atoms with Crippen molar-refractivity contribution in [3.05, 3.63) is 93.8 Å². The molecule has 3 nitrogen and oxygen atoms in total. The molecule has 0 unspecified atom stereocenters. The first kappa shape index (κ1) is 20.2. The number of thioether (sulfide) groups is 1. The Balaban J connectivity index is 1.99. The van der Waals surface area contributed by atoms with Crippen LogP contribution in [0.2, 0.25) is 5.02 Å². The number of benzene rings is 3. The molecule has 0 spiro atoms. The van der Waals surface area contributed by atoms with Gasteiger partial charge in [-0.15, -0.1) is 11.8 Å². The molecule has 0 atom stereocenters. The first-order valence-corrected chi connectivity index (χ1v) is 9.97. The van der Waals surface area contributed by atoms with E-state index in [1.165, 1.54) is 18.9 Å². The van der Waals surface area contributed by atoms with Gasteiger partial charge in [0, 0.05) is 27.7 Å². The zero-order valence-corrected chi connectivity index (χ0v) is 16.8. The molecule has 0 aliphatic carbocycles. The monoisotopic (exact) mass is 415 g/mol. The molecule has 2 N–H and O–H groups in total. The lowest BCUT2D eigenvalue weighted by molar-refractivity contribution is 0.0598. The van der Waals surface area contributed by atoms with Crippen LogP contribution in [-0.2, 0) is 16.9 Å². The maximum atomic E-state index is 15.2. The molecular formula is C22H19ClFNO2S. The van der Waals surface area contributed by atoms with Crippen LogP contribution in [0.25, 0.3) is 0 Å². The number of ether oxygens (including phenoxy) is 1. The van der Waals surface area contributed by atoms with Crippen molar-refractivity contribution in [2.75, 3.05) is 12.8 Å². The molecule has 3 aromatic carbocycles. The number of rotatable bonds is 6. The summed E-state index contributed by atoms with van der Waals surface area (Å²) >= 11 is 7.58. The summed E-state index contributed by atoms with van der Waals surface area (Å²) in [5.41, 5.74) is 8.21. The van der Waals surface area contributed by atoms with Crippen molar-refractivity contribution in [1.29, 1.82) is 0 Å². The summed E-state index contributed by atoms with van der Waals surface area (Å²) in [5.74, 6) is -0.615. The van der Waals surface area contributed by atoms with Gasteiger partial charge in [0.15, 0.2) is 5.82 Å². The summed E-state index contributed by atoms with van der Waals surface area (Å²) in [6, 6.07) is 18.5. The summed E-state index contributed by atoms with van der Waals surface area (Å²) in [4.78, 5) is 12.8. The Morgan fingerprint density at radius 3 is 2.50 bits per heavy atom. The number of esters is 1. The highest BCUT2D eigenvalue weighted by Crippen LogP contribution is 2.35. The SMILES string of the molecule is COC(=O)c1cc(SCc2ccccc2)c(N)c(F)c1Cc1ccccc1Cl. The van der Waals surface area contributed by atoms with Gasteiger partial charge in [-0.2, -0.15) is 0 Å². The largest absolute Gasteiger partial charge is 0.465 e. The van der Waals surface area contributed by atoms with E-state index in [1.54, 1.807) is 24.3 Å². The van der Waals surface area contributed by atoms with Crippen molar-refractivity contribution in [3.8, 4) is 0 Å². The Bertz CT molecular complexity index is 995. The van der Waals surface area contributed by atoms with Crippen molar-refractivity contribution in [1.82, 2.24) is 0 Å². The van der Waals surface area contributed by atoms with Crippen molar-refractivity contribution in [3.63, 3.8) is 0 Å². The topological polar surface area (TPSA) is 52.3 Å². The lowest BCUT2D eigenvalue weighted by atomic mass is 9.98. The first-order chi connectivity index (χ1) is 13.5. The molecule has 0 saturated heterocycles. The number of carbonyl (C=O) groups excluding carboxylic acids is 1. The van der Waals surface area contributed by atoms with E-state index in [9.17, 15) is 4.79 Å². The van der Waals surface area contributed by atoms with Crippen LogP contribution in [0.4, 0.5) is 10.1 Å². The van der Waals surface area contributed by atoms with E-state index in [0.29, 0.717) is 21.2 Å². The number of hydrogen-bond acceptors (Lipinski definition) is 4. The lowest BCUT2D eigenvalue weighted by Gasteiger charge is -2.15. The van der Waals surface area contributed by atoms with Gasteiger partial charge in [-0.3, -0.25) is 0 Å². The molecule has 3 rings (SSSR count). The summed E-state index contributed by atoms with van der Waals surface area (Å²) in [5, 5.41) is 0.499. The minimum Gasteiger partial charge on any atom is -0.465 e. The van der Waals surface area contributed by atoms with Gasteiger partial charge in [0.1, 0.15) is 0 Å². The first-order valence-electron chi connectivity index (χ1n) is 8.60. The summed E-state index contributed by atoms with van der Waals surface area (Å²) < 4.78 is 20.0. The second-order valence-corrected chi connectivity index (χ2v) is 7.59. The van der Waals surface area contributed by atoms with Crippen LogP contribution in [0.1, 0.15) is 27.0 Å². The van der Waals surface area contributed by atoms with Crippen molar-refractivity contribution < 1.29 is 13.9 Å². The molecule has 0 aliphatic heterocycles. The maximum Gasteiger partial charge on any atom is 0.338 e. The number of carbonyl (C=O) groups is 1. The number of methoxy groups -OCH3 is 1. The Morgan fingerprint density at radius 2 is 1.82 bits per heavy atom. The number of halogens is 2. The fourth-order valence-corrected chi connectivity index (χ4v) is 4.00. The molecule has 0 bridgehead atoms. The van der Waals surface area contributed by atoms with Crippen LogP contribution in [0.3, 0.4) is 0 Å². The molecule has 0 aromatic heterocycles. The standard InChI is InChI=1S/C22H19ClFNO2S/c1-27-22(26)17-12-19(28-13-14-7-3-2-4-8-14)21(25)20(24)16(17)11-15-9-5-6-10-18(15)23/h2-10,12H,11,13,25H2,1H3. The highest BCUT2D eigenvalue weighted by molar-refractivity contribution is 7.98. The molecule has 0 aliphatic rings. The van der Waals surface area contributed by atoms with E-state index in [0.717, 1.165) is 5.56 Å². The molecular weight excluding hydrogens is 397 g/mol. The van der Waals surface area contributed by atoms with Crippen LogP contribution in [0.5, 0.6) is 0 Å². The van der Waals surface area contributed by atoms with Gasteiger partial charge in [-0.1, -0.05) is 60.1 Å². The van der Waals surface area contributed by atoms with Gasteiger partial charge < -0.3 is 10.5 Å². The number of anilines is 1. The fourth-order valence-electron chi connectivity index (χ4n) is 2.84. The van der Waals surface area contributed by atoms with E-state index in [1.807, 2.05) is 36.4 Å². The number of nitrogens with two attached hydrogens (primary N) is 1. The van der Waals surface area contributed by atoms with Gasteiger partial charge in [-0.05, 0) is 23.3 Å². The Kier molecular flexibility index (Phi) is 6.60. The van der Waals surface area contributed by atoms with E-state index in [4.69, 9.17) is 22.1 Å². The van der Waals surface area contributed by atoms with Crippen LogP contribution in [0, 0.1) is 5.82 Å². The number of hydrogen-bond donors (Lipinski definition) is 1. The van der Waals surface area contributed by atoms with Crippen molar-refractivity contribution in [2.24, 2.45) is 0 Å². The van der Waals surface area contributed by atoms with E-state index in [2.05, 4.69) is 0 Å². The summed E-state index contributed by atoms with van der Waals surface area (Å²) in [6.07, 6.45) is 0.143. The van der Waals surface area contributed by atoms with Gasteiger partial charge >= 0.3 is 5.97 Å². The highest BCUT2D eigenvalue weighted by Gasteiger charge is 2.22. The van der Waals surface area contributed by atoms with Gasteiger partial charge in [0.2, 0.25) is 0 Å². The predicted octanol–water partition coefficient (Wildman–Crippen LogP) is 5.73. The maximum absolute atomic E-state index is 15.2. The average Bonchev–Trinajstić information content (AvgIpc) is 2.72. The van der Waals surface area contributed by atoms with Crippen molar-refractivity contribution in [2.45, 2.75) is 17.1 Å². The molecule has 0 radical (unpaired) electrons. The Hall–Kier alpha value is -2.50. The zero-order valence-electron chi connectivity index (χ0n) is 15.2. The third kappa shape index (κ3) is 4.49. The third-order valence-corrected chi connectivity index (χ3v) is 5.83. The average molecular weight is 416 g/mol. The Morgan fingerprint density at radius 1 is 1.14 bits per heavy atom. The normalized spacial score (nSPS) is 10.7. The van der Waals surface area contributed by atoms with Crippen LogP contribution in [-0.4, -0.2) is 13.1 Å². The second-order valence-electron chi connectivity index (χ2n) is 6.16. The van der Waals surface area contributed by atoms with Gasteiger partial charge in [-0.25, -0.2) is 9.18 Å². The minimum atomic E-state index is -0.613. The van der Waals surface area contributed by atoms with Crippen LogP contribution >= 0.6 is 23.4 Å². The molecule has 0 heterocycles. The molecule has 0 saturated carbocycles. The van der Waals surface area contributed by atoms with E-state index >= 15 is 4.39 Å². The smallest absolute Gasteiger partial charge is 0.338 e. The molecule has 0 fully saturated rings. The quantitative estimate of drug-likeness (QED) is 0.317. The number of nitrogen functional groups attached to an aromatic ring is 1. The highest BCUT2D eigenvalue weighted by atomic mass is 35.5. The molecule has 144 valence electrons. The summed E-state index contributed by atoms with van der Waals surface area (Å²) in [6.45, 7) is 0. The van der Waals surface area contributed by atoms with Crippen LogP contribution in [0.15, 0.2) is 65.6 Å². The third-order valence-electron chi connectivity index (χ3n) is 4.33. The lowest BCUT2D eigenvalue weighted by Crippen LogP contribution is -2.11. The van der Waals surface area contributed by atoms with Gasteiger partial charge in [0.05, 0.1) is 18.4 Å². The van der Waals surface area contributed by atoms with Crippen LogP contribution < -0.4 is 5.73 Å². The molecule has 3 aromatic rings. The van der Waals surface area contributed by atoms with E-state index < -0.39 is 11.8 Å². The van der Waals surface area contributed by atoms with Crippen molar-refractivity contribution >= 4 is 35.0 Å². The fraction of sp³-hybridized carbons (Fsp3) is 0.136. The molecule has 6 heteroatoms. The molecule has 28 heavy (non-hydrogen) atoms. The summed E-state index contributed by atoms with van der Waals surface area (Å²) in [7, 11) is 1.27. The second kappa shape index (κ2) is 9.13. The predicted molar refractivity (Wildman–Crippen MR) is 112 cm³/mol. The van der Waals surface area contributed by atoms with E-state index in [-0.39, 0.29) is 23.2 Å². The van der Waals surface area contributed by atoms with Gasteiger partial charge in [0.25, 0.3) is 0 Å². The zero-order chi connectivity index (χ0) is 20.1. The minimum absolute atomic E-state index is 0.0237.